The van der Waals surface area contributed by atoms with Crippen LogP contribution in [0.15, 0.2) is 18.2 Å². The van der Waals surface area contributed by atoms with E-state index >= 15 is 0 Å². The van der Waals surface area contributed by atoms with E-state index < -0.39 is 17.8 Å². The number of methoxy groups -OCH3 is 1. The molecule has 7 nitrogen and oxygen atoms in total. The number of ether oxygens (including phenoxy) is 1. The molecule has 20 heavy (non-hydrogen) atoms. The molecule has 106 valence electrons. The number of primary amides is 1. The van der Waals surface area contributed by atoms with Gasteiger partial charge in [0.1, 0.15) is 0 Å². The zero-order valence-corrected chi connectivity index (χ0v) is 11.0. The molecule has 1 aromatic carbocycles. The minimum absolute atomic E-state index is 0.0769. The van der Waals surface area contributed by atoms with Crippen molar-refractivity contribution < 1.29 is 19.1 Å². The lowest BCUT2D eigenvalue weighted by molar-refractivity contribution is -0.123. The third kappa shape index (κ3) is 2.42. The number of esters is 1. The quantitative estimate of drug-likeness (QED) is 0.591. The van der Waals surface area contributed by atoms with Gasteiger partial charge >= 0.3 is 5.97 Å². The van der Waals surface area contributed by atoms with Crippen molar-refractivity contribution in [2.45, 2.75) is 6.42 Å². The van der Waals surface area contributed by atoms with Gasteiger partial charge in [-0.25, -0.2) is 4.79 Å². The molecule has 1 fully saturated rings. The molecule has 1 aliphatic rings. The Labute approximate surface area is 115 Å². The van der Waals surface area contributed by atoms with E-state index in [0.717, 1.165) is 0 Å². The summed E-state index contributed by atoms with van der Waals surface area (Å²) in [5, 5.41) is 0. The summed E-state index contributed by atoms with van der Waals surface area (Å²) < 4.78 is 4.59. The number of anilines is 2. The van der Waals surface area contributed by atoms with Gasteiger partial charge in [0.05, 0.1) is 30.0 Å². The molecule has 0 aromatic heterocycles. The van der Waals surface area contributed by atoms with Crippen LogP contribution in [-0.4, -0.2) is 31.4 Å². The Morgan fingerprint density at radius 2 is 2.10 bits per heavy atom. The van der Waals surface area contributed by atoms with E-state index in [2.05, 4.69) is 4.74 Å². The van der Waals surface area contributed by atoms with Crippen LogP contribution in [0.1, 0.15) is 16.8 Å². The molecule has 4 N–H and O–H groups in total. The Hall–Kier alpha value is -2.57. The molecule has 2 amide bonds. The summed E-state index contributed by atoms with van der Waals surface area (Å²) in [7, 11) is 1.27. The van der Waals surface area contributed by atoms with Crippen LogP contribution in [0.25, 0.3) is 0 Å². The average Bonchev–Trinajstić information content (AvgIpc) is 2.80. The summed E-state index contributed by atoms with van der Waals surface area (Å²) in [6.07, 6.45) is 0.0769. The highest BCUT2D eigenvalue weighted by Gasteiger charge is 2.34. The highest BCUT2D eigenvalue weighted by molar-refractivity contribution is 6.03. The van der Waals surface area contributed by atoms with Gasteiger partial charge in [0.2, 0.25) is 11.8 Å². The van der Waals surface area contributed by atoms with Crippen LogP contribution in [0.2, 0.25) is 0 Å². The van der Waals surface area contributed by atoms with Crippen molar-refractivity contribution in [3.8, 4) is 0 Å². The fraction of sp³-hybridized carbons (Fsp3) is 0.308. The van der Waals surface area contributed by atoms with Crippen molar-refractivity contribution in [2.24, 2.45) is 11.7 Å². The number of hydrogen-bond acceptors (Lipinski definition) is 5. The third-order valence-electron chi connectivity index (χ3n) is 3.27. The lowest BCUT2D eigenvalue weighted by Gasteiger charge is -2.18. The first-order valence-electron chi connectivity index (χ1n) is 6.01. The number of hydrogen-bond donors (Lipinski definition) is 2. The standard InChI is InChI=1S/C13H15N3O4/c1-20-13(19)7-2-3-10(9(14)4-7)16-6-8(12(15)18)5-11(16)17/h2-4,8H,5-6,14H2,1H3,(H2,15,18). The highest BCUT2D eigenvalue weighted by atomic mass is 16.5. The number of rotatable bonds is 3. The summed E-state index contributed by atoms with van der Waals surface area (Å²) in [6.45, 7) is 0.204. The van der Waals surface area contributed by atoms with Crippen LogP contribution in [0.4, 0.5) is 11.4 Å². The van der Waals surface area contributed by atoms with Crippen LogP contribution >= 0.6 is 0 Å². The summed E-state index contributed by atoms with van der Waals surface area (Å²) in [5.41, 5.74) is 12.1. The van der Waals surface area contributed by atoms with Gasteiger partial charge in [-0.3, -0.25) is 9.59 Å². The number of carbonyl (C=O) groups excluding carboxylic acids is 3. The van der Waals surface area contributed by atoms with Crippen LogP contribution in [-0.2, 0) is 14.3 Å². The van der Waals surface area contributed by atoms with Gasteiger partial charge in [-0.15, -0.1) is 0 Å². The maximum absolute atomic E-state index is 11.9. The molecular weight excluding hydrogens is 262 g/mol. The minimum atomic E-state index is -0.512. The Kier molecular flexibility index (Phi) is 3.60. The molecule has 1 heterocycles. The van der Waals surface area contributed by atoms with Crippen molar-refractivity contribution in [3.63, 3.8) is 0 Å². The monoisotopic (exact) mass is 277 g/mol. The molecule has 0 radical (unpaired) electrons. The van der Waals surface area contributed by atoms with Gasteiger partial charge in [0.15, 0.2) is 0 Å². The molecule has 0 bridgehead atoms. The topological polar surface area (TPSA) is 116 Å². The van der Waals surface area contributed by atoms with E-state index in [1.54, 1.807) is 6.07 Å². The molecule has 1 saturated heterocycles. The minimum Gasteiger partial charge on any atom is -0.465 e. The first-order chi connectivity index (χ1) is 9.43. The fourth-order valence-corrected chi connectivity index (χ4v) is 2.18. The first-order valence-corrected chi connectivity index (χ1v) is 6.01. The largest absolute Gasteiger partial charge is 0.465 e. The van der Waals surface area contributed by atoms with Crippen LogP contribution < -0.4 is 16.4 Å². The van der Waals surface area contributed by atoms with Gasteiger partial charge in [0.25, 0.3) is 0 Å². The van der Waals surface area contributed by atoms with E-state index in [4.69, 9.17) is 11.5 Å². The number of benzene rings is 1. The third-order valence-corrected chi connectivity index (χ3v) is 3.27. The molecular formula is C13H15N3O4. The van der Waals surface area contributed by atoms with Crippen molar-refractivity contribution in [2.75, 3.05) is 24.3 Å². The van der Waals surface area contributed by atoms with E-state index in [1.807, 2.05) is 0 Å². The average molecular weight is 277 g/mol. The number of amides is 2. The predicted molar refractivity (Wildman–Crippen MR) is 71.8 cm³/mol. The predicted octanol–water partition coefficient (Wildman–Crippen LogP) is -0.106. The lowest BCUT2D eigenvalue weighted by atomic mass is 10.1. The van der Waals surface area contributed by atoms with E-state index in [9.17, 15) is 14.4 Å². The van der Waals surface area contributed by atoms with E-state index in [-0.39, 0.29) is 24.6 Å². The summed E-state index contributed by atoms with van der Waals surface area (Å²) >= 11 is 0. The van der Waals surface area contributed by atoms with Gasteiger partial charge in [-0.05, 0) is 18.2 Å². The zero-order valence-electron chi connectivity index (χ0n) is 11.0. The van der Waals surface area contributed by atoms with Crippen LogP contribution in [0.5, 0.6) is 0 Å². The van der Waals surface area contributed by atoms with Crippen molar-refractivity contribution >= 4 is 29.2 Å². The maximum atomic E-state index is 11.9. The van der Waals surface area contributed by atoms with Crippen molar-refractivity contribution in [3.05, 3.63) is 23.8 Å². The summed E-state index contributed by atoms with van der Waals surface area (Å²) in [4.78, 5) is 35.8. The fourth-order valence-electron chi connectivity index (χ4n) is 2.18. The molecule has 0 saturated carbocycles. The number of nitrogens with two attached hydrogens (primary N) is 2. The number of nitrogens with zero attached hydrogens (tertiary/aromatic N) is 1. The van der Waals surface area contributed by atoms with Crippen LogP contribution in [0.3, 0.4) is 0 Å². The van der Waals surface area contributed by atoms with Crippen molar-refractivity contribution in [1.82, 2.24) is 0 Å². The second-order valence-electron chi connectivity index (χ2n) is 4.57. The molecule has 0 aliphatic carbocycles. The molecule has 1 aromatic rings. The zero-order chi connectivity index (χ0) is 14.9. The summed E-state index contributed by atoms with van der Waals surface area (Å²) in [6, 6.07) is 4.51. The van der Waals surface area contributed by atoms with Gasteiger partial charge in [-0.1, -0.05) is 0 Å². The molecule has 1 aliphatic heterocycles. The molecule has 1 unspecified atom stereocenters. The number of nitrogen functional groups attached to an aromatic ring is 1. The Morgan fingerprint density at radius 1 is 1.40 bits per heavy atom. The molecule has 0 spiro atoms. The van der Waals surface area contributed by atoms with E-state index in [0.29, 0.717) is 11.3 Å². The molecule has 2 rings (SSSR count). The normalized spacial score (nSPS) is 18.1. The van der Waals surface area contributed by atoms with Gasteiger partial charge < -0.3 is 21.1 Å². The van der Waals surface area contributed by atoms with Gasteiger partial charge in [-0.2, -0.15) is 0 Å². The molecule has 1 atom stereocenters. The maximum Gasteiger partial charge on any atom is 0.337 e. The SMILES string of the molecule is COC(=O)c1ccc(N2CC(C(N)=O)CC2=O)c(N)c1. The second kappa shape index (κ2) is 5.20. The highest BCUT2D eigenvalue weighted by Crippen LogP contribution is 2.30. The second-order valence-corrected chi connectivity index (χ2v) is 4.57. The van der Waals surface area contributed by atoms with E-state index in [1.165, 1.54) is 24.1 Å². The molecule has 7 heteroatoms. The number of carbonyl (C=O) groups is 3. The smallest absolute Gasteiger partial charge is 0.337 e. The van der Waals surface area contributed by atoms with Crippen molar-refractivity contribution in [1.29, 1.82) is 0 Å². The Morgan fingerprint density at radius 3 is 2.60 bits per heavy atom. The Balaban J connectivity index is 2.28. The first kappa shape index (κ1) is 13.9. The Bertz CT molecular complexity index is 585. The van der Waals surface area contributed by atoms with Crippen LogP contribution in [0, 0.1) is 5.92 Å². The lowest BCUT2D eigenvalue weighted by Crippen LogP contribution is -2.29. The van der Waals surface area contributed by atoms with Gasteiger partial charge in [0, 0.05) is 13.0 Å². The summed E-state index contributed by atoms with van der Waals surface area (Å²) in [5.74, 6) is -1.75.